The van der Waals surface area contributed by atoms with Gasteiger partial charge in [0, 0.05) is 12.8 Å². The maximum Gasteiger partial charge on any atom is 0.326 e. The summed E-state index contributed by atoms with van der Waals surface area (Å²) in [5, 5.41) is 11.9. The Balaban J connectivity index is 4.37. The molecule has 0 saturated carbocycles. The van der Waals surface area contributed by atoms with Gasteiger partial charge in [-0.1, -0.05) is 127 Å². The maximum absolute atomic E-state index is 12.7. The predicted octanol–water partition coefficient (Wildman–Crippen LogP) is 10.8. The molecule has 0 heterocycles. The van der Waals surface area contributed by atoms with E-state index in [1.165, 1.54) is 44.9 Å². The van der Waals surface area contributed by atoms with E-state index in [-0.39, 0.29) is 18.0 Å². The van der Waals surface area contributed by atoms with Crippen LogP contribution in [0.25, 0.3) is 0 Å². The third-order valence-corrected chi connectivity index (χ3v) is 8.61. The lowest BCUT2D eigenvalue weighted by atomic mass is 10.0. The van der Waals surface area contributed by atoms with E-state index in [0.29, 0.717) is 32.2 Å². The van der Waals surface area contributed by atoms with Crippen LogP contribution in [0.2, 0.25) is 0 Å². The number of nitrogens with one attached hydrogen (secondary N) is 1. The molecule has 0 aliphatic carbocycles. The molecule has 0 aromatic carbocycles. The van der Waals surface area contributed by atoms with E-state index in [4.69, 9.17) is 10.5 Å². The van der Waals surface area contributed by atoms with Crippen molar-refractivity contribution in [3.63, 3.8) is 0 Å². The molecule has 0 spiro atoms. The van der Waals surface area contributed by atoms with Gasteiger partial charge < -0.3 is 20.9 Å². The number of amides is 1. The quantitative estimate of drug-likeness (QED) is 0.0347. The molecule has 0 radical (unpaired) electrons. The maximum atomic E-state index is 12.7. The van der Waals surface area contributed by atoms with Crippen molar-refractivity contribution in [1.82, 2.24) is 5.32 Å². The molecule has 0 rings (SSSR count). The van der Waals surface area contributed by atoms with Crippen molar-refractivity contribution in [3.05, 3.63) is 48.6 Å². The topological polar surface area (TPSA) is 119 Å². The summed E-state index contributed by atoms with van der Waals surface area (Å²) in [6, 6.07) is -0.856. The van der Waals surface area contributed by atoms with E-state index in [1.807, 2.05) is 0 Å². The summed E-state index contributed by atoms with van der Waals surface area (Å²) in [7, 11) is 0. The minimum atomic E-state index is -1.01. The van der Waals surface area contributed by atoms with E-state index < -0.39 is 12.0 Å². The first-order valence-electron chi connectivity index (χ1n) is 20.0. The van der Waals surface area contributed by atoms with Gasteiger partial charge in [0.05, 0.1) is 0 Å². The fraction of sp³-hybridized carbons (Fsp3) is 0.738. The van der Waals surface area contributed by atoms with E-state index in [2.05, 4.69) is 67.8 Å². The Labute approximate surface area is 300 Å². The summed E-state index contributed by atoms with van der Waals surface area (Å²) < 4.78 is 5.93. The van der Waals surface area contributed by atoms with Crippen LogP contribution in [0.4, 0.5) is 0 Å². The largest absolute Gasteiger partial charge is 0.480 e. The molecular formula is C42H74N2O5. The Hall–Kier alpha value is -2.67. The van der Waals surface area contributed by atoms with E-state index in [0.717, 1.165) is 96.3 Å². The molecule has 7 nitrogen and oxygen atoms in total. The SMILES string of the molecule is CC/C=C\C/C=C\C/C=C\CCCCCC(=O)OC(/C=C\CCCCCCCCC)CCCCCCCCC(=O)NC(CCCN)C(=O)O. The van der Waals surface area contributed by atoms with Crippen molar-refractivity contribution in [2.75, 3.05) is 6.54 Å². The lowest BCUT2D eigenvalue weighted by Crippen LogP contribution is -2.40. The minimum absolute atomic E-state index is 0.0881. The first kappa shape index (κ1) is 46.3. The number of carboxylic acids is 1. The standard InChI is InChI=1S/C42H74N2O5/c1-3-5-7-9-11-13-14-15-16-18-20-26-30-36-41(46)49-38(32-27-23-19-17-12-10-8-6-4-2)33-28-24-21-22-25-29-35-40(45)44-39(42(47)48)34-31-37-43/h5,7,11,13,15-16,27,32,38-39H,3-4,6,8-10,12,14,17-26,28-31,33-37,43H2,1-2H3,(H,44,45)(H,47,48)/b7-5-,13-11-,16-15-,32-27-. The summed E-state index contributed by atoms with van der Waals surface area (Å²) in [4.78, 5) is 36.1. The first-order chi connectivity index (χ1) is 23.9. The molecule has 0 fully saturated rings. The highest BCUT2D eigenvalue weighted by molar-refractivity contribution is 5.83. The van der Waals surface area contributed by atoms with Crippen LogP contribution in [-0.4, -0.2) is 41.6 Å². The van der Waals surface area contributed by atoms with Gasteiger partial charge in [-0.25, -0.2) is 4.79 Å². The van der Waals surface area contributed by atoms with Gasteiger partial charge >= 0.3 is 11.9 Å². The molecule has 7 heteroatoms. The van der Waals surface area contributed by atoms with Gasteiger partial charge in [-0.3, -0.25) is 9.59 Å². The first-order valence-corrected chi connectivity index (χ1v) is 20.0. The molecule has 0 aromatic rings. The number of ether oxygens (including phenoxy) is 1. The molecule has 2 atom stereocenters. The predicted molar refractivity (Wildman–Crippen MR) is 206 cm³/mol. The van der Waals surface area contributed by atoms with Gasteiger partial charge in [0.15, 0.2) is 0 Å². The Kier molecular flexibility index (Phi) is 34.6. The van der Waals surface area contributed by atoms with Crippen molar-refractivity contribution < 1.29 is 24.2 Å². The summed E-state index contributed by atoms with van der Waals surface area (Å²) >= 11 is 0. The number of unbranched alkanes of at least 4 members (excludes halogenated alkanes) is 15. The van der Waals surface area contributed by atoms with Gasteiger partial charge in [0.2, 0.25) is 5.91 Å². The van der Waals surface area contributed by atoms with Gasteiger partial charge in [0.25, 0.3) is 0 Å². The van der Waals surface area contributed by atoms with E-state index >= 15 is 0 Å². The zero-order valence-electron chi connectivity index (χ0n) is 31.5. The van der Waals surface area contributed by atoms with Crippen LogP contribution in [-0.2, 0) is 19.1 Å². The Morgan fingerprint density at radius 3 is 1.84 bits per heavy atom. The Morgan fingerprint density at radius 2 is 1.18 bits per heavy atom. The molecule has 282 valence electrons. The number of aliphatic carboxylic acids is 1. The van der Waals surface area contributed by atoms with Gasteiger partial charge in [-0.15, -0.1) is 0 Å². The van der Waals surface area contributed by atoms with Crippen LogP contribution in [0.5, 0.6) is 0 Å². The normalized spacial score (nSPS) is 13.2. The molecule has 2 unspecified atom stereocenters. The molecular weight excluding hydrogens is 612 g/mol. The fourth-order valence-electron chi connectivity index (χ4n) is 5.61. The van der Waals surface area contributed by atoms with Crippen molar-refractivity contribution in [1.29, 1.82) is 0 Å². The number of carboxylic acid groups (broad SMARTS) is 1. The van der Waals surface area contributed by atoms with Crippen molar-refractivity contribution >= 4 is 17.8 Å². The Morgan fingerprint density at radius 1 is 0.633 bits per heavy atom. The van der Waals surface area contributed by atoms with Crippen molar-refractivity contribution in [2.45, 2.75) is 193 Å². The van der Waals surface area contributed by atoms with Crippen LogP contribution in [0.1, 0.15) is 181 Å². The third kappa shape index (κ3) is 33.6. The van der Waals surface area contributed by atoms with Crippen molar-refractivity contribution in [2.24, 2.45) is 5.73 Å². The molecule has 0 aliphatic heterocycles. The lowest BCUT2D eigenvalue weighted by Gasteiger charge is -2.15. The van der Waals surface area contributed by atoms with E-state index in [1.54, 1.807) is 0 Å². The Bertz CT molecular complexity index is 911. The summed E-state index contributed by atoms with van der Waals surface area (Å²) in [5.74, 6) is -1.30. The van der Waals surface area contributed by atoms with Gasteiger partial charge in [-0.2, -0.15) is 0 Å². The van der Waals surface area contributed by atoms with Gasteiger partial charge in [0.1, 0.15) is 12.1 Å². The van der Waals surface area contributed by atoms with Crippen LogP contribution >= 0.6 is 0 Å². The van der Waals surface area contributed by atoms with Crippen LogP contribution in [0.3, 0.4) is 0 Å². The highest BCUT2D eigenvalue weighted by Gasteiger charge is 2.18. The molecule has 0 bridgehead atoms. The van der Waals surface area contributed by atoms with Crippen LogP contribution in [0.15, 0.2) is 48.6 Å². The van der Waals surface area contributed by atoms with Crippen LogP contribution in [0, 0.1) is 0 Å². The summed E-state index contributed by atoms with van der Waals surface area (Å²) in [6.45, 7) is 4.81. The number of carbonyl (C=O) groups is 3. The number of rotatable bonds is 35. The van der Waals surface area contributed by atoms with Crippen LogP contribution < -0.4 is 11.1 Å². The molecule has 1 amide bonds. The van der Waals surface area contributed by atoms with Gasteiger partial charge in [-0.05, 0) is 96.1 Å². The number of carbonyl (C=O) groups excluding carboxylic acids is 2. The second-order valence-corrected chi connectivity index (χ2v) is 13.3. The number of allylic oxidation sites excluding steroid dienone is 7. The van der Waals surface area contributed by atoms with Crippen molar-refractivity contribution in [3.8, 4) is 0 Å². The second kappa shape index (κ2) is 36.6. The molecule has 0 saturated heterocycles. The summed E-state index contributed by atoms with van der Waals surface area (Å²) in [6.07, 6.45) is 43.1. The second-order valence-electron chi connectivity index (χ2n) is 13.3. The number of hydrogen-bond donors (Lipinski definition) is 3. The average molecular weight is 687 g/mol. The third-order valence-electron chi connectivity index (χ3n) is 8.61. The van der Waals surface area contributed by atoms with E-state index in [9.17, 15) is 19.5 Å². The summed E-state index contributed by atoms with van der Waals surface area (Å²) in [5.41, 5.74) is 5.47. The fourth-order valence-corrected chi connectivity index (χ4v) is 5.61. The minimum Gasteiger partial charge on any atom is -0.480 e. The molecule has 0 aromatic heterocycles. The highest BCUT2D eigenvalue weighted by atomic mass is 16.5. The zero-order chi connectivity index (χ0) is 36.0. The average Bonchev–Trinajstić information content (AvgIpc) is 3.08. The molecule has 4 N–H and O–H groups in total. The lowest BCUT2D eigenvalue weighted by molar-refractivity contribution is -0.147. The molecule has 0 aliphatic rings. The smallest absolute Gasteiger partial charge is 0.326 e. The highest BCUT2D eigenvalue weighted by Crippen LogP contribution is 2.15. The zero-order valence-corrected chi connectivity index (χ0v) is 31.5. The number of nitrogens with two attached hydrogens (primary N) is 1. The number of esters is 1. The monoisotopic (exact) mass is 687 g/mol. The molecule has 49 heavy (non-hydrogen) atoms. The number of hydrogen-bond acceptors (Lipinski definition) is 5.